The van der Waals surface area contributed by atoms with Crippen LogP contribution in [0.3, 0.4) is 0 Å². The van der Waals surface area contributed by atoms with Gasteiger partial charge in [-0.25, -0.2) is 9.59 Å². The first-order chi connectivity index (χ1) is 16.4. The van der Waals surface area contributed by atoms with Crippen molar-refractivity contribution in [2.45, 2.75) is 45.4 Å². The summed E-state index contributed by atoms with van der Waals surface area (Å²) in [5.41, 5.74) is 2.65. The van der Waals surface area contributed by atoms with Gasteiger partial charge in [0.2, 0.25) is 5.91 Å². The molecule has 3 atom stereocenters. The molecule has 0 aliphatic heterocycles. The molecule has 0 unspecified atom stereocenters. The van der Waals surface area contributed by atoms with Crippen LogP contribution in [0.15, 0.2) is 60.8 Å². The highest BCUT2D eigenvalue weighted by Gasteiger charge is 2.31. The average molecular weight is 466 g/mol. The molecular formula is C26H31N3O5. The summed E-state index contributed by atoms with van der Waals surface area (Å²) in [6.07, 6.45) is 2.00. The van der Waals surface area contributed by atoms with Gasteiger partial charge in [0.25, 0.3) is 0 Å². The van der Waals surface area contributed by atoms with Gasteiger partial charge in [-0.1, -0.05) is 68.8 Å². The first kappa shape index (κ1) is 24.8. The van der Waals surface area contributed by atoms with Gasteiger partial charge in [-0.15, -0.1) is 0 Å². The van der Waals surface area contributed by atoms with Crippen molar-refractivity contribution in [2.24, 2.45) is 5.92 Å². The Morgan fingerprint density at radius 2 is 1.71 bits per heavy atom. The molecule has 1 heterocycles. The Balaban J connectivity index is 1.69. The Morgan fingerprint density at radius 3 is 2.41 bits per heavy atom. The minimum atomic E-state index is -0.912. The predicted octanol–water partition coefficient (Wildman–Crippen LogP) is 3.71. The van der Waals surface area contributed by atoms with Crippen LogP contribution in [0, 0.1) is 5.92 Å². The number of aromatic amines is 1. The maximum atomic E-state index is 13.2. The standard InChI is InChI=1S/C26H31N3O5/c1-4-17(2)23(29-26(32)34-16-18-10-6-5-7-11-18)24(30)28-22(25(31)33-3)14-19-15-27-21-13-9-8-12-20(19)21/h5-13,15,17,22-23,27H,4,14,16H2,1-3H3,(H,28,30)(H,29,32)/t17-,22+,23+/m1/s1. The molecule has 0 aliphatic carbocycles. The molecule has 0 spiro atoms. The van der Waals surface area contributed by atoms with Gasteiger partial charge in [-0.2, -0.15) is 0 Å². The lowest BCUT2D eigenvalue weighted by Crippen LogP contribution is -2.54. The summed E-state index contributed by atoms with van der Waals surface area (Å²) in [4.78, 5) is 41.3. The second-order valence-electron chi connectivity index (χ2n) is 8.22. The molecule has 0 saturated carbocycles. The molecule has 3 aromatic rings. The SMILES string of the molecule is CC[C@@H](C)[C@H](NC(=O)OCc1ccccc1)C(=O)N[C@@H](Cc1c[nH]c2ccccc12)C(=O)OC. The molecule has 0 saturated heterocycles. The molecule has 0 radical (unpaired) electrons. The number of rotatable bonds is 10. The second kappa shape index (κ2) is 11.9. The Hall–Kier alpha value is -3.81. The number of aromatic nitrogens is 1. The number of amides is 2. The number of carbonyl (C=O) groups excluding carboxylic acids is 3. The fourth-order valence-electron chi connectivity index (χ4n) is 3.71. The van der Waals surface area contributed by atoms with Crippen LogP contribution >= 0.6 is 0 Å². The molecule has 8 heteroatoms. The van der Waals surface area contributed by atoms with Crippen LogP contribution in [0.1, 0.15) is 31.4 Å². The zero-order chi connectivity index (χ0) is 24.5. The van der Waals surface area contributed by atoms with Crippen LogP contribution in [0.25, 0.3) is 10.9 Å². The molecular weight excluding hydrogens is 434 g/mol. The molecule has 34 heavy (non-hydrogen) atoms. The van der Waals surface area contributed by atoms with E-state index in [0.29, 0.717) is 6.42 Å². The molecule has 180 valence electrons. The van der Waals surface area contributed by atoms with Crippen LogP contribution in [0.4, 0.5) is 4.79 Å². The highest BCUT2D eigenvalue weighted by atomic mass is 16.5. The largest absolute Gasteiger partial charge is 0.467 e. The fourth-order valence-corrected chi connectivity index (χ4v) is 3.71. The van der Waals surface area contributed by atoms with Crippen molar-refractivity contribution in [3.8, 4) is 0 Å². The maximum Gasteiger partial charge on any atom is 0.408 e. The van der Waals surface area contributed by atoms with Gasteiger partial charge in [0.15, 0.2) is 0 Å². The zero-order valence-corrected chi connectivity index (χ0v) is 19.7. The number of para-hydroxylation sites is 1. The molecule has 8 nitrogen and oxygen atoms in total. The van der Waals surface area contributed by atoms with Crippen molar-refractivity contribution < 1.29 is 23.9 Å². The predicted molar refractivity (Wildman–Crippen MR) is 129 cm³/mol. The van der Waals surface area contributed by atoms with E-state index < -0.39 is 30.1 Å². The van der Waals surface area contributed by atoms with Crippen molar-refractivity contribution in [1.82, 2.24) is 15.6 Å². The third-order valence-corrected chi connectivity index (χ3v) is 5.88. The summed E-state index contributed by atoms with van der Waals surface area (Å²) in [5, 5.41) is 6.39. The van der Waals surface area contributed by atoms with E-state index in [9.17, 15) is 14.4 Å². The first-order valence-corrected chi connectivity index (χ1v) is 11.3. The second-order valence-corrected chi connectivity index (χ2v) is 8.22. The number of esters is 1. The number of hydrogen-bond acceptors (Lipinski definition) is 5. The minimum absolute atomic E-state index is 0.0901. The lowest BCUT2D eigenvalue weighted by Gasteiger charge is -2.25. The van der Waals surface area contributed by atoms with Crippen molar-refractivity contribution in [1.29, 1.82) is 0 Å². The van der Waals surface area contributed by atoms with Crippen LogP contribution in [-0.2, 0) is 32.1 Å². The Bertz CT molecular complexity index is 1110. The lowest BCUT2D eigenvalue weighted by atomic mass is 9.97. The van der Waals surface area contributed by atoms with Gasteiger partial charge in [-0.05, 0) is 23.1 Å². The van der Waals surface area contributed by atoms with Crippen molar-refractivity contribution >= 4 is 28.9 Å². The van der Waals surface area contributed by atoms with E-state index in [1.165, 1.54) is 7.11 Å². The summed E-state index contributed by atoms with van der Waals surface area (Å²) in [5.74, 6) is -1.22. The van der Waals surface area contributed by atoms with Crippen molar-refractivity contribution in [2.75, 3.05) is 7.11 Å². The van der Waals surface area contributed by atoms with Gasteiger partial charge >= 0.3 is 12.1 Å². The average Bonchev–Trinajstić information content (AvgIpc) is 3.28. The third-order valence-electron chi connectivity index (χ3n) is 5.88. The smallest absolute Gasteiger partial charge is 0.408 e. The van der Waals surface area contributed by atoms with E-state index in [-0.39, 0.29) is 18.9 Å². The third kappa shape index (κ3) is 6.37. The highest BCUT2D eigenvalue weighted by Crippen LogP contribution is 2.20. The van der Waals surface area contributed by atoms with Gasteiger partial charge < -0.3 is 25.1 Å². The number of ether oxygens (including phenoxy) is 2. The Labute approximate surface area is 199 Å². The molecule has 0 bridgehead atoms. The molecule has 0 aliphatic rings. The molecule has 0 fully saturated rings. The number of carbonyl (C=O) groups is 3. The van der Waals surface area contributed by atoms with Crippen LogP contribution in [-0.4, -0.2) is 42.1 Å². The number of alkyl carbamates (subject to hydrolysis) is 1. The summed E-state index contributed by atoms with van der Waals surface area (Å²) in [7, 11) is 1.28. The van der Waals surface area contributed by atoms with E-state index in [1.54, 1.807) is 0 Å². The Kier molecular flexibility index (Phi) is 8.67. The summed E-state index contributed by atoms with van der Waals surface area (Å²) in [6.45, 7) is 3.87. The maximum absolute atomic E-state index is 13.2. The number of H-pyrrole nitrogens is 1. The normalized spacial score (nSPS) is 13.5. The number of methoxy groups -OCH3 is 1. The number of benzene rings is 2. The van der Waals surface area contributed by atoms with E-state index in [2.05, 4.69) is 15.6 Å². The summed E-state index contributed by atoms with van der Waals surface area (Å²) < 4.78 is 10.2. The van der Waals surface area contributed by atoms with Gasteiger partial charge in [-0.3, -0.25) is 4.79 Å². The minimum Gasteiger partial charge on any atom is -0.467 e. The zero-order valence-electron chi connectivity index (χ0n) is 19.7. The molecule has 2 amide bonds. The van der Waals surface area contributed by atoms with Gasteiger partial charge in [0.05, 0.1) is 7.11 Å². The van der Waals surface area contributed by atoms with E-state index in [1.807, 2.05) is 74.6 Å². The van der Waals surface area contributed by atoms with E-state index >= 15 is 0 Å². The Morgan fingerprint density at radius 1 is 1.00 bits per heavy atom. The summed E-state index contributed by atoms with van der Waals surface area (Å²) in [6, 6.07) is 15.2. The summed E-state index contributed by atoms with van der Waals surface area (Å²) >= 11 is 0. The van der Waals surface area contributed by atoms with Crippen LogP contribution in [0.2, 0.25) is 0 Å². The topological polar surface area (TPSA) is 110 Å². The fraction of sp³-hybridized carbons (Fsp3) is 0.346. The molecule has 3 rings (SSSR count). The molecule has 1 aromatic heterocycles. The molecule has 3 N–H and O–H groups in total. The van der Waals surface area contributed by atoms with Crippen molar-refractivity contribution in [3.05, 3.63) is 71.9 Å². The van der Waals surface area contributed by atoms with Crippen LogP contribution in [0.5, 0.6) is 0 Å². The van der Waals surface area contributed by atoms with Crippen LogP contribution < -0.4 is 10.6 Å². The molecule has 2 aromatic carbocycles. The number of hydrogen-bond donors (Lipinski definition) is 3. The first-order valence-electron chi connectivity index (χ1n) is 11.3. The number of fused-ring (bicyclic) bond motifs is 1. The van der Waals surface area contributed by atoms with Gasteiger partial charge in [0, 0.05) is 23.5 Å². The van der Waals surface area contributed by atoms with Gasteiger partial charge in [0.1, 0.15) is 18.7 Å². The van der Waals surface area contributed by atoms with E-state index in [4.69, 9.17) is 9.47 Å². The monoisotopic (exact) mass is 465 g/mol. The number of nitrogens with one attached hydrogen (secondary N) is 3. The lowest BCUT2D eigenvalue weighted by molar-refractivity contribution is -0.145. The quantitative estimate of drug-likeness (QED) is 0.396. The van der Waals surface area contributed by atoms with Crippen molar-refractivity contribution in [3.63, 3.8) is 0 Å². The van der Waals surface area contributed by atoms with E-state index in [0.717, 1.165) is 22.0 Å². The highest BCUT2D eigenvalue weighted by molar-refractivity contribution is 5.91.